The van der Waals surface area contributed by atoms with Crippen LogP contribution in [-0.4, -0.2) is 17.5 Å². The smallest absolute Gasteiger partial charge is 0.161 e. The van der Waals surface area contributed by atoms with E-state index < -0.39 is 0 Å². The van der Waals surface area contributed by atoms with Crippen molar-refractivity contribution in [1.82, 2.24) is 0 Å². The number of aliphatic imine (C=N–C) groups is 1. The van der Waals surface area contributed by atoms with Crippen LogP contribution in [0.4, 0.5) is 5.69 Å². The minimum absolute atomic E-state index is 0.918. The van der Waals surface area contributed by atoms with Gasteiger partial charge in [-0.15, -0.1) is 0 Å². The van der Waals surface area contributed by atoms with Gasteiger partial charge in [-0.3, -0.25) is 4.99 Å². The van der Waals surface area contributed by atoms with E-state index in [1.165, 1.54) is 0 Å². The molecule has 3 rings (SSSR count). The van der Waals surface area contributed by atoms with Crippen molar-refractivity contribution in [3.05, 3.63) is 30.5 Å². The van der Waals surface area contributed by atoms with Crippen LogP contribution in [0.15, 0.2) is 39.9 Å². The van der Waals surface area contributed by atoms with Crippen LogP contribution >= 0.6 is 11.8 Å². The van der Waals surface area contributed by atoms with Gasteiger partial charge in [0.2, 0.25) is 0 Å². The van der Waals surface area contributed by atoms with Crippen LogP contribution in [0.1, 0.15) is 0 Å². The molecule has 0 aliphatic carbocycles. The van der Waals surface area contributed by atoms with Crippen LogP contribution in [0.2, 0.25) is 0 Å². The van der Waals surface area contributed by atoms with Crippen molar-refractivity contribution in [3.63, 3.8) is 0 Å². The number of rotatable bonds is 1. The number of nitrogens with one attached hydrogen (secondary N) is 1. The molecule has 15 heavy (non-hydrogen) atoms. The molecule has 2 heterocycles. The average molecular weight is 218 g/mol. The molecule has 0 fully saturated rings. The number of anilines is 1. The fraction of sp³-hybridized carbons (Fsp3) is 0.182. The first-order valence-corrected chi connectivity index (χ1v) is 5.82. The van der Waals surface area contributed by atoms with Gasteiger partial charge in [0.05, 0.1) is 12.8 Å². The molecule has 0 bridgehead atoms. The van der Waals surface area contributed by atoms with Gasteiger partial charge < -0.3 is 9.73 Å². The molecular formula is C11H10N2OS. The highest BCUT2D eigenvalue weighted by Gasteiger charge is 2.07. The van der Waals surface area contributed by atoms with Gasteiger partial charge in [0.25, 0.3) is 0 Å². The lowest BCUT2D eigenvalue weighted by atomic mass is 10.2. The first-order valence-electron chi connectivity index (χ1n) is 4.83. The molecule has 3 nitrogen and oxygen atoms in total. The lowest BCUT2D eigenvalue weighted by molar-refractivity contribution is 0.616. The Morgan fingerprint density at radius 3 is 3.20 bits per heavy atom. The van der Waals surface area contributed by atoms with Crippen molar-refractivity contribution >= 4 is 33.6 Å². The Morgan fingerprint density at radius 1 is 1.33 bits per heavy atom. The summed E-state index contributed by atoms with van der Waals surface area (Å²) in [5, 5.41) is 5.42. The number of amidine groups is 1. The van der Waals surface area contributed by atoms with Crippen LogP contribution in [0.5, 0.6) is 0 Å². The van der Waals surface area contributed by atoms with E-state index in [4.69, 9.17) is 4.42 Å². The maximum atomic E-state index is 5.28. The predicted octanol–water partition coefficient (Wildman–Crippen LogP) is 2.95. The maximum absolute atomic E-state index is 5.28. The van der Waals surface area contributed by atoms with Crippen LogP contribution in [0.3, 0.4) is 0 Å². The summed E-state index contributed by atoms with van der Waals surface area (Å²) in [4.78, 5) is 4.34. The predicted molar refractivity (Wildman–Crippen MR) is 64.6 cm³/mol. The van der Waals surface area contributed by atoms with E-state index in [1.54, 1.807) is 18.0 Å². The molecule has 0 amide bonds. The van der Waals surface area contributed by atoms with Gasteiger partial charge in [-0.25, -0.2) is 0 Å². The quantitative estimate of drug-likeness (QED) is 0.799. The van der Waals surface area contributed by atoms with Crippen LogP contribution in [0, 0.1) is 0 Å². The zero-order valence-corrected chi connectivity index (χ0v) is 8.88. The molecule has 76 valence electrons. The second-order valence-electron chi connectivity index (χ2n) is 3.33. The highest BCUT2D eigenvalue weighted by molar-refractivity contribution is 8.14. The van der Waals surface area contributed by atoms with Crippen molar-refractivity contribution < 1.29 is 4.42 Å². The van der Waals surface area contributed by atoms with Gasteiger partial charge >= 0.3 is 0 Å². The lowest BCUT2D eigenvalue weighted by Gasteiger charge is -2.04. The summed E-state index contributed by atoms with van der Waals surface area (Å²) >= 11 is 1.76. The van der Waals surface area contributed by atoms with E-state index in [0.29, 0.717) is 0 Å². The minimum atomic E-state index is 0.918. The van der Waals surface area contributed by atoms with Crippen molar-refractivity contribution in [2.75, 3.05) is 17.6 Å². The standard InChI is InChI=1S/C11H10N2OS/c1-2-10-8(3-5-14-10)7-9(1)13-11-12-4-6-15-11/h1-3,5,7H,4,6H2,(H,12,13). The number of benzene rings is 1. The molecule has 4 heteroatoms. The maximum Gasteiger partial charge on any atom is 0.161 e. The van der Waals surface area contributed by atoms with Gasteiger partial charge in [0.15, 0.2) is 5.17 Å². The highest BCUT2D eigenvalue weighted by atomic mass is 32.2. The Bertz CT molecular complexity index is 518. The summed E-state index contributed by atoms with van der Waals surface area (Å²) < 4.78 is 5.28. The van der Waals surface area contributed by atoms with Crippen molar-refractivity contribution in [1.29, 1.82) is 0 Å². The molecule has 1 aromatic heterocycles. The minimum Gasteiger partial charge on any atom is -0.464 e. The van der Waals surface area contributed by atoms with E-state index >= 15 is 0 Å². The molecule has 0 unspecified atom stereocenters. The van der Waals surface area contributed by atoms with Gasteiger partial charge in [-0.1, -0.05) is 11.8 Å². The van der Waals surface area contributed by atoms with Crippen molar-refractivity contribution in [3.8, 4) is 0 Å². The number of hydrogen-bond acceptors (Lipinski definition) is 4. The average Bonchev–Trinajstić information content (AvgIpc) is 2.87. The number of hydrogen-bond donors (Lipinski definition) is 1. The van der Waals surface area contributed by atoms with Crippen LogP contribution < -0.4 is 5.32 Å². The zero-order chi connectivity index (χ0) is 10.1. The van der Waals surface area contributed by atoms with Crippen LogP contribution in [-0.2, 0) is 0 Å². The first-order chi connectivity index (χ1) is 7.42. The van der Waals surface area contributed by atoms with Gasteiger partial charge in [-0.05, 0) is 24.3 Å². The zero-order valence-electron chi connectivity index (χ0n) is 8.06. The molecule has 1 aliphatic heterocycles. The number of nitrogens with zero attached hydrogens (tertiary/aromatic N) is 1. The Kier molecular flexibility index (Phi) is 2.14. The third kappa shape index (κ3) is 1.72. The topological polar surface area (TPSA) is 37.5 Å². The Labute approximate surface area is 91.6 Å². The molecule has 0 atom stereocenters. The normalized spacial score (nSPS) is 15.6. The molecule has 1 aliphatic rings. The Balaban J connectivity index is 1.90. The summed E-state index contributed by atoms with van der Waals surface area (Å²) in [6.45, 7) is 0.918. The van der Waals surface area contributed by atoms with Gasteiger partial charge in [0, 0.05) is 16.8 Å². The van der Waals surface area contributed by atoms with Crippen molar-refractivity contribution in [2.24, 2.45) is 4.99 Å². The van der Waals surface area contributed by atoms with E-state index in [1.807, 2.05) is 18.2 Å². The molecule has 2 aromatic rings. The summed E-state index contributed by atoms with van der Waals surface area (Å²) in [7, 11) is 0. The fourth-order valence-corrected chi connectivity index (χ4v) is 2.33. The Hall–Kier alpha value is -1.42. The summed E-state index contributed by atoms with van der Waals surface area (Å²) in [5.41, 5.74) is 1.98. The van der Waals surface area contributed by atoms with Crippen LogP contribution in [0.25, 0.3) is 11.0 Å². The van der Waals surface area contributed by atoms with E-state index in [9.17, 15) is 0 Å². The molecule has 1 N–H and O–H groups in total. The van der Waals surface area contributed by atoms with E-state index in [0.717, 1.165) is 34.1 Å². The number of thioether (sulfide) groups is 1. The molecule has 0 saturated heterocycles. The third-order valence-electron chi connectivity index (χ3n) is 2.29. The largest absolute Gasteiger partial charge is 0.464 e. The molecular weight excluding hydrogens is 208 g/mol. The fourth-order valence-electron chi connectivity index (χ4n) is 1.58. The number of furan rings is 1. The molecule has 0 radical (unpaired) electrons. The summed E-state index contributed by atoms with van der Waals surface area (Å²) in [5.74, 6) is 1.08. The Morgan fingerprint density at radius 2 is 2.33 bits per heavy atom. The monoisotopic (exact) mass is 218 g/mol. The van der Waals surface area contributed by atoms with Gasteiger partial charge in [0.1, 0.15) is 5.58 Å². The van der Waals surface area contributed by atoms with Crippen molar-refractivity contribution in [2.45, 2.75) is 0 Å². The summed E-state index contributed by atoms with van der Waals surface area (Å²) in [6, 6.07) is 8.01. The molecule has 1 aromatic carbocycles. The van der Waals surface area contributed by atoms with E-state index in [2.05, 4.69) is 16.4 Å². The molecule has 0 spiro atoms. The highest BCUT2D eigenvalue weighted by Crippen LogP contribution is 2.22. The van der Waals surface area contributed by atoms with Gasteiger partial charge in [-0.2, -0.15) is 0 Å². The second kappa shape index (κ2) is 3.62. The van der Waals surface area contributed by atoms with E-state index in [-0.39, 0.29) is 0 Å². The third-order valence-corrected chi connectivity index (χ3v) is 3.18. The summed E-state index contributed by atoms with van der Waals surface area (Å²) in [6.07, 6.45) is 1.70. The first kappa shape index (κ1) is 8.85. The lowest BCUT2D eigenvalue weighted by Crippen LogP contribution is -2.04. The molecule has 0 saturated carbocycles. The second-order valence-corrected chi connectivity index (χ2v) is 4.42. The SMILES string of the molecule is c1cc2cc(NC3=NCCS3)ccc2o1. The number of fused-ring (bicyclic) bond motifs is 1.